The molecule has 1 aliphatic heterocycles. The first-order chi connectivity index (χ1) is 8.81. The SMILES string of the molecule is Cc1cc(OCCCF)ccc1N1CCNCC1. The molecule has 0 saturated carbocycles. The maximum Gasteiger partial charge on any atom is 0.119 e. The minimum absolute atomic E-state index is 0.322. The average Bonchev–Trinajstić information content (AvgIpc) is 2.40. The molecule has 18 heavy (non-hydrogen) atoms. The summed E-state index contributed by atoms with van der Waals surface area (Å²) in [5, 5.41) is 3.35. The van der Waals surface area contributed by atoms with Crippen molar-refractivity contribution in [3.8, 4) is 5.75 Å². The monoisotopic (exact) mass is 252 g/mol. The maximum atomic E-state index is 12.0. The minimum Gasteiger partial charge on any atom is -0.493 e. The highest BCUT2D eigenvalue weighted by Crippen LogP contribution is 2.25. The van der Waals surface area contributed by atoms with Crippen molar-refractivity contribution in [3.63, 3.8) is 0 Å². The Kier molecular flexibility index (Phi) is 4.81. The zero-order valence-corrected chi connectivity index (χ0v) is 10.9. The molecule has 0 aliphatic carbocycles. The van der Waals surface area contributed by atoms with Gasteiger partial charge in [-0.15, -0.1) is 0 Å². The third kappa shape index (κ3) is 3.35. The highest BCUT2D eigenvalue weighted by molar-refractivity contribution is 5.56. The summed E-state index contributed by atoms with van der Waals surface area (Å²) in [7, 11) is 0. The van der Waals surface area contributed by atoms with Crippen LogP contribution in [0.25, 0.3) is 0 Å². The van der Waals surface area contributed by atoms with Crippen molar-refractivity contribution in [2.45, 2.75) is 13.3 Å². The standard InChI is InChI=1S/C14H21FN2O/c1-12-11-13(18-10-2-5-15)3-4-14(12)17-8-6-16-7-9-17/h3-4,11,16H,2,5-10H2,1H3. The molecular weight excluding hydrogens is 231 g/mol. The van der Waals surface area contributed by atoms with E-state index in [1.54, 1.807) is 0 Å². The van der Waals surface area contributed by atoms with Crippen LogP contribution in [0, 0.1) is 6.92 Å². The van der Waals surface area contributed by atoms with E-state index in [1.807, 2.05) is 12.1 Å². The second kappa shape index (κ2) is 6.59. The van der Waals surface area contributed by atoms with Gasteiger partial charge in [-0.2, -0.15) is 0 Å². The molecule has 0 unspecified atom stereocenters. The zero-order chi connectivity index (χ0) is 12.8. The van der Waals surface area contributed by atoms with E-state index in [2.05, 4.69) is 23.2 Å². The molecule has 2 rings (SSSR count). The fraction of sp³-hybridized carbons (Fsp3) is 0.571. The van der Waals surface area contributed by atoms with Crippen LogP contribution < -0.4 is 15.0 Å². The van der Waals surface area contributed by atoms with Gasteiger partial charge in [-0.3, -0.25) is 4.39 Å². The molecular formula is C14H21FN2O. The van der Waals surface area contributed by atoms with Gasteiger partial charge in [0.15, 0.2) is 0 Å². The van der Waals surface area contributed by atoms with Gasteiger partial charge in [0.1, 0.15) is 5.75 Å². The summed E-state index contributed by atoms with van der Waals surface area (Å²) < 4.78 is 17.5. The van der Waals surface area contributed by atoms with Crippen molar-refractivity contribution in [1.82, 2.24) is 5.32 Å². The summed E-state index contributed by atoms with van der Waals surface area (Å²) in [4.78, 5) is 2.39. The van der Waals surface area contributed by atoms with Crippen molar-refractivity contribution in [2.75, 3.05) is 44.4 Å². The Hall–Kier alpha value is -1.29. The molecule has 0 bridgehead atoms. The van der Waals surface area contributed by atoms with E-state index in [9.17, 15) is 4.39 Å². The summed E-state index contributed by atoms with van der Waals surface area (Å²) in [6, 6.07) is 6.11. The fourth-order valence-corrected chi connectivity index (χ4v) is 2.22. The molecule has 0 amide bonds. The number of nitrogens with zero attached hydrogens (tertiary/aromatic N) is 1. The Labute approximate surface area is 108 Å². The van der Waals surface area contributed by atoms with Crippen LogP contribution in [0.3, 0.4) is 0 Å². The lowest BCUT2D eigenvalue weighted by atomic mass is 10.1. The van der Waals surface area contributed by atoms with E-state index < -0.39 is 0 Å². The van der Waals surface area contributed by atoms with Gasteiger partial charge in [-0.05, 0) is 30.7 Å². The zero-order valence-electron chi connectivity index (χ0n) is 10.9. The molecule has 4 heteroatoms. The van der Waals surface area contributed by atoms with Crippen molar-refractivity contribution in [2.24, 2.45) is 0 Å². The van der Waals surface area contributed by atoms with E-state index in [0.717, 1.165) is 31.9 Å². The predicted octanol–water partition coefficient (Wildman–Crippen LogP) is 2.14. The third-order valence-electron chi connectivity index (χ3n) is 3.17. The second-order valence-electron chi connectivity index (χ2n) is 4.58. The fourth-order valence-electron chi connectivity index (χ4n) is 2.22. The Morgan fingerprint density at radius 2 is 2.11 bits per heavy atom. The Balaban J connectivity index is 2.00. The number of piperazine rings is 1. The van der Waals surface area contributed by atoms with Crippen molar-refractivity contribution in [3.05, 3.63) is 23.8 Å². The quantitative estimate of drug-likeness (QED) is 0.813. The van der Waals surface area contributed by atoms with Crippen LogP contribution in [0.5, 0.6) is 5.75 Å². The number of aryl methyl sites for hydroxylation is 1. The largest absolute Gasteiger partial charge is 0.493 e. The van der Waals surface area contributed by atoms with Gasteiger partial charge in [0, 0.05) is 38.3 Å². The Morgan fingerprint density at radius 3 is 2.78 bits per heavy atom. The number of rotatable bonds is 5. The Bertz CT molecular complexity index is 378. The molecule has 100 valence electrons. The highest BCUT2D eigenvalue weighted by atomic mass is 19.1. The van der Waals surface area contributed by atoms with E-state index >= 15 is 0 Å². The number of alkyl halides is 1. The summed E-state index contributed by atoms with van der Waals surface area (Å²) in [6.07, 6.45) is 0.457. The number of nitrogens with one attached hydrogen (secondary N) is 1. The van der Waals surface area contributed by atoms with Gasteiger partial charge in [-0.25, -0.2) is 0 Å². The summed E-state index contributed by atoms with van der Waals surface area (Å²) in [5.74, 6) is 0.833. The number of halogens is 1. The number of hydrogen-bond donors (Lipinski definition) is 1. The molecule has 1 aliphatic rings. The lowest BCUT2D eigenvalue weighted by Crippen LogP contribution is -2.43. The average molecular weight is 252 g/mol. The molecule has 0 aromatic heterocycles. The molecule has 0 spiro atoms. The van der Waals surface area contributed by atoms with E-state index in [4.69, 9.17) is 4.74 Å². The van der Waals surface area contributed by atoms with Crippen LogP contribution in [0.1, 0.15) is 12.0 Å². The topological polar surface area (TPSA) is 24.5 Å². The number of anilines is 1. The van der Waals surface area contributed by atoms with Gasteiger partial charge in [0.25, 0.3) is 0 Å². The van der Waals surface area contributed by atoms with E-state index in [0.29, 0.717) is 13.0 Å². The van der Waals surface area contributed by atoms with Crippen LogP contribution in [0.4, 0.5) is 10.1 Å². The first-order valence-electron chi connectivity index (χ1n) is 6.56. The van der Waals surface area contributed by atoms with E-state index in [-0.39, 0.29) is 6.67 Å². The first-order valence-corrected chi connectivity index (χ1v) is 6.56. The second-order valence-corrected chi connectivity index (χ2v) is 4.58. The first kappa shape index (κ1) is 13.1. The van der Waals surface area contributed by atoms with Crippen LogP contribution in [-0.2, 0) is 0 Å². The lowest BCUT2D eigenvalue weighted by Gasteiger charge is -2.30. The van der Waals surface area contributed by atoms with Crippen LogP contribution in [0.15, 0.2) is 18.2 Å². The van der Waals surface area contributed by atoms with Gasteiger partial charge in [0.05, 0.1) is 13.3 Å². The van der Waals surface area contributed by atoms with Crippen LogP contribution in [0.2, 0.25) is 0 Å². The maximum absolute atomic E-state index is 12.0. The molecule has 1 saturated heterocycles. The molecule has 1 aromatic rings. The molecule has 0 atom stereocenters. The number of hydrogen-bond acceptors (Lipinski definition) is 3. The van der Waals surface area contributed by atoms with Crippen molar-refractivity contribution in [1.29, 1.82) is 0 Å². The van der Waals surface area contributed by atoms with Crippen molar-refractivity contribution < 1.29 is 9.13 Å². The number of ether oxygens (including phenoxy) is 1. The van der Waals surface area contributed by atoms with Gasteiger partial charge < -0.3 is 15.0 Å². The normalized spacial score (nSPS) is 15.8. The van der Waals surface area contributed by atoms with Crippen molar-refractivity contribution >= 4 is 5.69 Å². The third-order valence-corrected chi connectivity index (χ3v) is 3.17. The minimum atomic E-state index is -0.322. The summed E-state index contributed by atoms with van der Waals surface area (Å²) in [5.41, 5.74) is 2.49. The van der Waals surface area contributed by atoms with Crippen LogP contribution in [-0.4, -0.2) is 39.5 Å². The van der Waals surface area contributed by atoms with Crippen LogP contribution >= 0.6 is 0 Å². The smallest absolute Gasteiger partial charge is 0.119 e. The van der Waals surface area contributed by atoms with Gasteiger partial charge in [0.2, 0.25) is 0 Å². The lowest BCUT2D eigenvalue weighted by molar-refractivity contribution is 0.289. The molecule has 1 N–H and O–H groups in total. The van der Waals surface area contributed by atoms with Gasteiger partial charge >= 0.3 is 0 Å². The Morgan fingerprint density at radius 1 is 1.33 bits per heavy atom. The number of benzene rings is 1. The molecule has 0 radical (unpaired) electrons. The molecule has 1 fully saturated rings. The summed E-state index contributed by atoms with van der Waals surface area (Å²) in [6.45, 7) is 6.38. The highest BCUT2D eigenvalue weighted by Gasteiger charge is 2.12. The predicted molar refractivity (Wildman–Crippen MR) is 72.3 cm³/mol. The molecule has 1 aromatic carbocycles. The molecule has 3 nitrogen and oxygen atoms in total. The summed E-state index contributed by atoms with van der Waals surface area (Å²) >= 11 is 0. The van der Waals surface area contributed by atoms with Gasteiger partial charge in [-0.1, -0.05) is 0 Å². The van der Waals surface area contributed by atoms with E-state index in [1.165, 1.54) is 11.3 Å². The molecule has 1 heterocycles.